The van der Waals surface area contributed by atoms with Gasteiger partial charge in [-0.1, -0.05) is 0 Å². The second-order valence-corrected chi connectivity index (χ2v) is 4.28. The molecule has 2 heterocycles. The molecule has 0 atom stereocenters. The van der Waals surface area contributed by atoms with E-state index in [0.29, 0.717) is 30.1 Å². The van der Waals surface area contributed by atoms with E-state index in [-0.39, 0.29) is 5.91 Å². The highest BCUT2D eigenvalue weighted by molar-refractivity contribution is 5.92. The minimum Gasteiger partial charge on any atom is -0.497 e. The van der Waals surface area contributed by atoms with Gasteiger partial charge in [0.15, 0.2) is 0 Å². The van der Waals surface area contributed by atoms with Crippen LogP contribution in [-0.2, 0) is 12.8 Å². The van der Waals surface area contributed by atoms with Crippen molar-refractivity contribution in [1.29, 1.82) is 0 Å². The van der Waals surface area contributed by atoms with Crippen molar-refractivity contribution in [3.05, 3.63) is 35.3 Å². The Balaban J connectivity index is 2.15. The first-order valence-electron chi connectivity index (χ1n) is 6.19. The number of ether oxygens (including phenoxy) is 1. The number of nitrogens with two attached hydrogens (primary N) is 1. The first-order valence-corrected chi connectivity index (χ1v) is 6.19. The van der Waals surface area contributed by atoms with Crippen LogP contribution in [0.2, 0.25) is 0 Å². The van der Waals surface area contributed by atoms with Crippen LogP contribution in [0.5, 0.6) is 5.75 Å². The quantitative estimate of drug-likeness (QED) is 0.738. The van der Waals surface area contributed by atoms with E-state index in [2.05, 4.69) is 20.5 Å². The number of carbonyl (C=O) groups excluding carboxylic acids is 1. The van der Waals surface area contributed by atoms with E-state index < -0.39 is 0 Å². The fourth-order valence-corrected chi connectivity index (χ4v) is 1.82. The molecule has 1 amide bonds. The molecule has 0 bridgehead atoms. The summed E-state index contributed by atoms with van der Waals surface area (Å²) in [6.07, 6.45) is 1.36. The van der Waals surface area contributed by atoms with Gasteiger partial charge in [-0.15, -0.1) is 0 Å². The number of amides is 1. The summed E-state index contributed by atoms with van der Waals surface area (Å²) < 4.78 is 5.19. The minimum atomic E-state index is -0.240. The van der Waals surface area contributed by atoms with Crippen LogP contribution in [0.3, 0.4) is 0 Å². The largest absolute Gasteiger partial charge is 0.497 e. The number of nitrogens with zero attached hydrogens (tertiary/aromatic N) is 2. The highest BCUT2D eigenvalue weighted by Gasteiger charge is 2.10. The first-order chi connectivity index (χ1) is 9.62. The van der Waals surface area contributed by atoms with Gasteiger partial charge in [-0.05, 0) is 12.8 Å². The molecular weight excluding hydrogens is 258 g/mol. The van der Waals surface area contributed by atoms with Crippen molar-refractivity contribution in [1.82, 2.24) is 20.5 Å². The molecule has 0 saturated carbocycles. The average molecular weight is 275 g/mol. The normalized spacial score (nSPS) is 10.3. The van der Waals surface area contributed by atoms with Gasteiger partial charge in [-0.25, -0.2) is 4.98 Å². The summed E-state index contributed by atoms with van der Waals surface area (Å²) in [5, 5.41) is 9.25. The highest BCUT2D eigenvalue weighted by Crippen LogP contribution is 2.15. The van der Waals surface area contributed by atoms with Gasteiger partial charge in [-0.2, -0.15) is 5.10 Å². The van der Waals surface area contributed by atoms with Crippen molar-refractivity contribution in [2.75, 3.05) is 19.9 Å². The molecule has 7 heteroatoms. The number of pyridine rings is 1. The van der Waals surface area contributed by atoms with Crippen LogP contribution in [0.1, 0.15) is 21.9 Å². The zero-order valence-corrected chi connectivity index (χ0v) is 11.4. The number of rotatable bonds is 5. The molecule has 0 radical (unpaired) electrons. The van der Waals surface area contributed by atoms with E-state index in [1.54, 1.807) is 26.3 Å². The fourth-order valence-electron chi connectivity index (χ4n) is 1.82. The molecule has 7 nitrogen and oxygen atoms in total. The molecule has 2 aromatic heterocycles. The van der Waals surface area contributed by atoms with Crippen molar-refractivity contribution in [3.8, 4) is 5.75 Å². The standard InChI is InChI=1S/C13H17N5O2/c1-15-13(19)11-7-10(20-2)5-8(16-11)3-4-9-6-12(14)18-17-9/h5-7H,3-4H2,1-2H3,(H,15,19)(H3,14,17,18). The molecule has 0 saturated heterocycles. The summed E-state index contributed by atoms with van der Waals surface area (Å²) in [6, 6.07) is 5.20. The third-order valence-electron chi connectivity index (χ3n) is 2.85. The van der Waals surface area contributed by atoms with Crippen LogP contribution in [0.25, 0.3) is 0 Å². The van der Waals surface area contributed by atoms with Crippen molar-refractivity contribution in [3.63, 3.8) is 0 Å². The van der Waals surface area contributed by atoms with Gasteiger partial charge < -0.3 is 15.8 Å². The number of H-pyrrole nitrogens is 1. The SMILES string of the molecule is CNC(=O)c1cc(OC)cc(CCc2cc(N)n[nH]2)n1. The summed E-state index contributed by atoms with van der Waals surface area (Å²) in [5.74, 6) is 0.832. The van der Waals surface area contributed by atoms with Crippen LogP contribution < -0.4 is 15.8 Å². The maximum absolute atomic E-state index is 11.6. The number of nitrogens with one attached hydrogen (secondary N) is 2. The van der Waals surface area contributed by atoms with Crippen molar-refractivity contribution >= 4 is 11.7 Å². The summed E-state index contributed by atoms with van der Waals surface area (Å²) in [4.78, 5) is 16.0. The number of carbonyl (C=O) groups is 1. The van der Waals surface area contributed by atoms with E-state index in [9.17, 15) is 4.79 Å². The van der Waals surface area contributed by atoms with E-state index in [1.165, 1.54) is 0 Å². The second-order valence-electron chi connectivity index (χ2n) is 4.28. The molecule has 2 rings (SSSR count). The smallest absolute Gasteiger partial charge is 0.269 e. The number of aromatic amines is 1. The monoisotopic (exact) mass is 275 g/mol. The Morgan fingerprint density at radius 1 is 1.40 bits per heavy atom. The van der Waals surface area contributed by atoms with Gasteiger partial charge in [0.1, 0.15) is 17.3 Å². The predicted molar refractivity (Wildman–Crippen MR) is 74.6 cm³/mol. The lowest BCUT2D eigenvalue weighted by Crippen LogP contribution is -2.20. The molecule has 2 aromatic rings. The Morgan fingerprint density at radius 3 is 2.80 bits per heavy atom. The third kappa shape index (κ3) is 3.25. The van der Waals surface area contributed by atoms with Gasteiger partial charge in [0.25, 0.3) is 5.91 Å². The van der Waals surface area contributed by atoms with E-state index in [0.717, 1.165) is 11.4 Å². The van der Waals surface area contributed by atoms with Gasteiger partial charge >= 0.3 is 0 Å². The number of nitrogen functional groups attached to an aromatic ring is 1. The molecule has 0 aliphatic carbocycles. The molecule has 0 aliphatic rings. The molecule has 106 valence electrons. The lowest BCUT2D eigenvalue weighted by molar-refractivity contribution is 0.0957. The summed E-state index contributed by atoms with van der Waals surface area (Å²) in [5.41, 5.74) is 7.58. The Hall–Kier alpha value is -2.57. The molecule has 0 spiro atoms. The number of aromatic nitrogens is 3. The molecule has 0 fully saturated rings. The van der Waals surface area contributed by atoms with Crippen LogP contribution in [0.15, 0.2) is 18.2 Å². The van der Waals surface area contributed by atoms with Gasteiger partial charge in [0, 0.05) is 36.6 Å². The van der Waals surface area contributed by atoms with Gasteiger partial charge in [0.2, 0.25) is 0 Å². The number of anilines is 1. The zero-order valence-electron chi connectivity index (χ0n) is 11.4. The Kier molecular flexibility index (Phi) is 4.19. The van der Waals surface area contributed by atoms with Crippen molar-refractivity contribution < 1.29 is 9.53 Å². The maximum Gasteiger partial charge on any atom is 0.269 e. The van der Waals surface area contributed by atoms with E-state index >= 15 is 0 Å². The molecule has 0 unspecified atom stereocenters. The maximum atomic E-state index is 11.6. The lowest BCUT2D eigenvalue weighted by Gasteiger charge is -2.07. The average Bonchev–Trinajstić information content (AvgIpc) is 2.89. The van der Waals surface area contributed by atoms with Crippen LogP contribution in [-0.4, -0.2) is 35.2 Å². The second kappa shape index (κ2) is 6.05. The summed E-state index contributed by atoms with van der Waals surface area (Å²) >= 11 is 0. The van der Waals surface area contributed by atoms with Crippen LogP contribution in [0.4, 0.5) is 5.82 Å². The van der Waals surface area contributed by atoms with Crippen molar-refractivity contribution in [2.45, 2.75) is 12.8 Å². The van der Waals surface area contributed by atoms with Crippen LogP contribution in [0, 0.1) is 0 Å². The number of aryl methyl sites for hydroxylation is 2. The highest BCUT2D eigenvalue weighted by atomic mass is 16.5. The minimum absolute atomic E-state index is 0.240. The Labute approximate surface area is 116 Å². The fraction of sp³-hybridized carbons (Fsp3) is 0.308. The van der Waals surface area contributed by atoms with Crippen LogP contribution >= 0.6 is 0 Å². The Bertz CT molecular complexity index is 609. The van der Waals surface area contributed by atoms with Gasteiger partial charge in [-0.3, -0.25) is 9.89 Å². The molecule has 20 heavy (non-hydrogen) atoms. The van der Waals surface area contributed by atoms with E-state index in [1.807, 2.05) is 6.07 Å². The Morgan fingerprint density at radius 2 is 2.20 bits per heavy atom. The van der Waals surface area contributed by atoms with E-state index in [4.69, 9.17) is 10.5 Å². The summed E-state index contributed by atoms with van der Waals surface area (Å²) in [7, 11) is 3.12. The van der Waals surface area contributed by atoms with Gasteiger partial charge in [0.05, 0.1) is 7.11 Å². The summed E-state index contributed by atoms with van der Waals surface area (Å²) in [6.45, 7) is 0. The molecule has 0 aromatic carbocycles. The zero-order chi connectivity index (χ0) is 14.5. The number of methoxy groups -OCH3 is 1. The van der Waals surface area contributed by atoms with Crippen molar-refractivity contribution in [2.24, 2.45) is 0 Å². The third-order valence-corrected chi connectivity index (χ3v) is 2.85. The number of hydrogen-bond acceptors (Lipinski definition) is 5. The topological polar surface area (TPSA) is 106 Å². The first kappa shape index (κ1) is 13.9. The molecular formula is C13H17N5O2. The molecule has 4 N–H and O–H groups in total. The molecule has 0 aliphatic heterocycles. The lowest BCUT2D eigenvalue weighted by atomic mass is 10.1. The number of hydrogen-bond donors (Lipinski definition) is 3. The predicted octanol–water partition coefficient (Wildman–Crippen LogP) is 0.540.